The molecular weight excluding hydrogens is 455 g/mol. The van der Waals surface area contributed by atoms with Crippen LogP contribution in [0.25, 0.3) is 5.76 Å². The van der Waals surface area contributed by atoms with Crippen LogP contribution in [0.3, 0.4) is 0 Å². The summed E-state index contributed by atoms with van der Waals surface area (Å²) in [5.41, 5.74) is 4.97. The Morgan fingerprint density at radius 1 is 0.889 bits per heavy atom. The smallest absolute Gasteiger partial charge is 0.300 e. The lowest BCUT2D eigenvalue weighted by Crippen LogP contribution is -2.29. The lowest BCUT2D eigenvalue weighted by molar-refractivity contribution is -0.132. The van der Waals surface area contributed by atoms with Gasteiger partial charge in [0.05, 0.1) is 11.6 Å². The van der Waals surface area contributed by atoms with E-state index in [1.54, 1.807) is 6.92 Å². The zero-order chi connectivity index (χ0) is 26.1. The molecule has 1 atom stereocenters. The van der Waals surface area contributed by atoms with Crippen molar-refractivity contribution in [1.29, 1.82) is 0 Å². The number of aliphatic hydroxyl groups excluding tert-OH is 1. The van der Waals surface area contributed by atoms with Crippen molar-refractivity contribution in [3.63, 3.8) is 0 Å². The molecule has 36 heavy (non-hydrogen) atoms. The van der Waals surface area contributed by atoms with Crippen LogP contribution >= 0.6 is 0 Å². The summed E-state index contributed by atoms with van der Waals surface area (Å²) in [6.45, 7) is 11.4. The van der Waals surface area contributed by atoms with E-state index in [0.29, 0.717) is 16.8 Å². The van der Waals surface area contributed by atoms with Crippen LogP contribution in [0, 0.1) is 26.6 Å². The first kappa shape index (κ1) is 25.2. The molecule has 0 bridgehead atoms. The number of rotatable bonds is 6. The molecule has 3 aromatic carbocycles. The number of aryl methyl sites for hydroxylation is 3. The van der Waals surface area contributed by atoms with Crippen molar-refractivity contribution in [3.8, 4) is 0 Å². The summed E-state index contributed by atoms with van der Waals surface area (Å²) >= 11 is 0. The first-order chi connectivity index (χ1) is 17.2. The third-order valence-electron chi connectivity index (χ3n) is 6.98. The van der Waals surface area contributed by atoms with E-state index < -0.39 is 23.5 Å². The normalized spacial score (nSPS) is 17.1. The fourth-order valence-electron chi connectivity index (χ4n) is 4.69. The van der Waals surface area contributed by atoms with Gasteiger partial charge in [0.25, 0.3) is 11.7 Å². The molecular formula is C30H31FN2O3. The van der Waals surface area contributed by atoms with Crippen molar-refractivity contribution >= 4 is 28.8 Å². The summed E-state index contributed by atoms with van der Waals surface area (Å²) in [6, 6.07) is 16.6. The number of carbonyl (C=O) groups is 2. The lowest BCUT2D eigenvalue weighted by Gasteiger charge is -2.27. The van der Waals surface area contributed by atoms with Gasteiger partial charge in [0.15, 0.2) is 0 Å². The van der Waals surface area contributed by atoms with E-state index in [2.05, 4.69) is 18.7 Å². The fourth-order valence-corrected chi connectivity index (χ4v) is 4.69. The number of amides is 1. The number of hydrogen-bond acceptors (Lipinski definition) is 4. The summed E-state index contributed by atoms with van der Waals surface area (Å²) in [7, 11) is 0. The Hall–Kier alpha value is -3.93. The van der Waals surface area contributed by atoms with Crippen LogP contribution in [-0.2, 0) is 9.59 Å². The zero-order valence-electron chi connectivity index (χ0n) is 21.3. The van der Waals surface area contributed by atoms with Gasteiger partial charge in [0.1, 0.15) is 11.6 Å². The minimum atomic E-state index is -0.830. The summed E-state index contributed by atoms with van der Waals surface area (Å²) < 4.78 is 13.9. The van der Waals surface area contributed by atoms with Gasteiger partial charge in [0, 0.05) is 30.0 Å². The molecule has 0 aliphatic carbocycles. The van der Waals surface area contributed by atoms with E-state index in [9.17, 15) is 19.1 Å². The Morgan fingerprint density at radius 3 is 2.14 bits per heavy atom. The molecule has 0 radical (unpaired) electrons. The van der Waals surface area contributed by atoms with Crippen LogP contribution in [0.5, 0.6) is 0 Å². The Morgan fingerprint density at radius 2 is 1.56 bits per heavy atom. The molecule has 0 aromatic heterocycles. The number of aliphatic hydroxyl groups is 1. The van der Waals surface area contributed by atoms with Gasteiger partial charge in [-0.05, 0) is 99.3 Å². The van der Waals surface area contributed by atoms with Crippen molar-refractivity contribution in [3.05, 3.63) is 99.9 Å². The maximum absolute atomic E-state index is 13.9. The SMILES string of the molecule is CCN(CC)c1ccc(C2/C(=C(\O)c3ccc(F)c(C)c3)C(=O)C(=O)N2c2ccc(C)c(C)c2)cc1. The summed E-state index contributed by atoms with van der Waals surface area (Å²) in [5, 5.41) is 11.3. The molecule has 0 saturated carbocycles. The number of ketones is 1. The Kier molecular flexibility index (Phi) is 6.97. The molecule has 6 heteroatoms. The molecule has 186 valence electrons. The van der Waals surface area contributed by atoms with Crippen molar-refractivity contribution in [1.82, 2.24) is 0 Å². The summed E-state index contributed by atoms with van der Waals surface area (Å²) in [6.07, 6.45) is 0. The molecule has 4 rings (SSSR count). The Bertz CT molecular complexity index is 1360. The molecule has 1 aliphatic heterocycles. The first-order valence-electron chi connectivity index (χ1n) is 12.2. The average Bonchev–Trinajstić information content (AvgIpc) is 3.13. The van der Waals surface area contributed by atoms with Crippen LogP contribution < -0.4 is 9.80 Å². The summed E-state index contributed by atoms with van der Waals surface area (Å²) in [5.74, 6) is -2.21. The molecule has 1 unspecified atom stereocenters. The molecule has 1 saturated heterocycles. The second kappa shape index (κ2) is 9.97. The average molecular weight is 487 g/mol. The predicted molar refractivity (Wildman–Crippen MR) is 142 cm³/mol. The Labute approximate surface area is 211 Å². The fraction of sp³-hybridized carbons (Fsp3) is 0.267. The number of halogens is 1. The van der Waals surface area contributed by atoms with E-state index in [-0.39, 0.29) is 16.9 Å². The maximum Gasteiger partial charge on any atom is 0.300 e. The van der Waals surface area contributed by atoms with Gasteiger partial charge in [-0.25, -0.2) is 4.39 Å². The van der Waals surface area contributed by atoms with Crippen LogP contribution in [0.4, 0.5) is 15.8 Å². The van der Waals surface area contributed by atoms with Gasteiger partial charge in [-0.2, -0.15) is 0 Å². The van der Waals surface area contributed by atoms with E-state index in [1.807, 2.05) is 56.3 Å². The number of carbonyl (C=O) groups excluding carboxylic acids is 2. The third kappa shape index (κ3) is 4.39. The summed E-state index contributed by atoms with van der Waals surface area (Å²) in [4.78, 5) is 30.4. The van der Waals surface area contributed by atoms with E-state index in [1.165, 1.54) is 23.1 Å². The van der Waals surface area contributed by atoms with Gasteiger partial charge >= 0.3 is 0 Å². The zero-order valence-corrected chi connectivity index (χ0v) is 21.3. The Balaban J connectivity index is 1.92. The second-order valence-corrected chi connectivity index (χ2v) is 9.17. The molecule has 3 aromatic rings. The molecule has 1 amide bonds. The van der Waals surface area contributed by atoms with Crippen LogP contribution in [0.1, 0.15) is 47.7 Å². The highest BCUT2D eigenvalue weighted by Crippen LogP contribution is 2.43. The van der Waals surface area contributed by atoms with Gasteiger partial charge < -0.3 is 10.0 Å². The van der Waals surface area contributed by atoms with Crippen LogP contribution in [0.15, 0.2) is 66.2 Å². The number of hydrogen-bond donors (Lipinski definition) is 1. The molecule has 1 aliphatic rings. The molecule has 1 N–H and O–H groups in total. The highest BCUT2D eigenvalue weighted by atomic mass is 19.1. The molecule has 0 spiro atoms. The van der Waals surface area contributed by atoms with Crippen molar-refractivity contribution in [2.45, 2.75) is 40.7 Å². The highest BCUT2D eigenvalue weighted by Gasteiger charge is 2.47. The van der Waals surface area contributed by atoms with Crippen LogP contribution in [-0.4, -0.2) is 29.9 Å². The van der Waals surface area contributed by atoms with E-state index in [0.717, 1.165) is 29.9 Å². The first-order valence-corrected chi connectivity index (χ1v) is 12.2. The van der Waals surface area contributed by atoms with Crippen molar-refractivity contribution in [2.24, 2.45) is 0 Å². The predicted octanol–water partition coefficient (Wildman–Crippen LogP) is 6.22. The number of anilines is 2. The van der Waals surface area contributed by atoms with Crippen LogP contribution in [0.2, 0.25) is 0 Å². The van der Waals surface area contributed by atoms with Crippen molar-refractivity contribution < 1.29 is 19.1 Å². The standard InChI is InChI=1S/C30H31FN2O3/c1-6-32(7-2)23-13-9-21(10-14-23)27-26(28(34)22-11-15-25(31)20(5)16-22)29(35)30(36)33(27)24-12-8-18(3)19(4)17-24/h8-17,27,34H,6-7H2,1-5H3/b28-26+. The molecule has 5 nitrogen and oxygen atoms in total. The number of Topliss-reactive ketones (excluding diaryl/α,β-unsaturated/α-hetero) is 1. The monoisotopic (exact) mass is 486 g/mol. The number of benzene rings is 3. The van der Waals surface area contributed by atoms with Gasteiger partial charge in [-0.1, -0.05) is 18.2 Å². The van der Waals surface area contributed by atoms with Gasteiger partial charge in [-0.15, -0.1) is 0 Å². The number of nitrogens with zero attached hydrogens (tertiary/aromatic N) is 2. The topological polar surface area (TPSA) is 60.9 Å². The maximum atomic E-state index is 13.9. The van der Waals surface area contributed by atoms with Gasteiger partial charge in [0.2, 0.25) is 0 Å². The molecule has 1 heterocycles. The molecule has 1 fully saturated rings. The second-order valence-electron chi connectivity index (χ2n) is 9.17. The van der Waals surface area contributed by atoms with E-state index >= 15 is 0 Å². The van der Waals surface area contributed by atoms with E-state index in [4.69, 9.17) is 0 Å². The highest BCUT2D eigenvalue weighted by molar-refractivity contribution is 6.51. The van der Waals surface area contributed by atoms with Gasteiger partial charge in [-0.3, -0.25) is 14.5 Å². The minimum Gasteiger partial charge on any atom is -0.507 e. The minimum absolute atomic E-state index is 0.0141. The lowest BCUT2D eigenvalue weighted by atomic mass is 9.94. The quantitative estimate of drug-likeness (QED) is 0.255. The largest absolute Gasteiger partial charge is 0.507 e. The van der Waals surface area contributed by atoms with Crippen molar-refractivity contribution in [2.75, 3.05) is 22.9 Å². The third-order valence-corrected chi connectivity index (χ3v) is 6.98.